The van der Waals surface area contributed by atoms with E-state index in [4.69, 9.17) is 10.00 Å². The Labute approximate surface area is 185 Å². The van der Waals surface area contributed by atoms with Gasteiger partial charge in [0, 0.05) is 29.6 Å². The van der Waals surface area contributed by atoms with Crippen molar-refractivity contribution in [1.29, 1.82) is 5.26 Å². The van der Waals surface area contributed by atoms with E-state index in [9.17, 15) is 13.2 Å². The summed E-state index contributed by atoms with van der Waals surface area (Å²) in [5, 5.41) is 9.06. The van der Waals surface area contributed by atoms with Crippen LogP contribution in [-0.4, -0.2) is 41.9 Å². The summed E-state index contributed by atoms with van der Waals surface area (Å²) in [7, 11) is 0. The molecule has 0 radical (unpaired) electrons. The average Bonchev–Trinajstić information content (AvgIpc) is 3.38. The standard InChI is InChI=1S/C23H28F3N3OS/c1-4-30-20(23(24,25)26)22(11-10-17-8-9-18(15-27)31-17)12-14-29(16-22)21(2,3)19-7-5-6-13-28-19/h5-9,13,20H,4,10-12,14,16H2,1-3H3/t20-,22-/m1/s1. The highest BCUT2D eigenvalue weighted by atomic mass is 32.1. The largest absolute Gasteiger partial charge is 0.415 e. The number of pyridine rings is 1. The Kier molecular flexibility index (Phi) is 7.09. The van der Waals surface area contributed by atoms with Gasteiger partial charge >= 0.3 is 6.18 Å². The van der Waals surface area contributed by atoms with Crippen LogP contribution in [0.15, 0.2) is 36.5 Å². The highest BCUT2D eigenvalue weighted by Gasteiger charge is 2.58. The molecule has 8 heteroatoms. The molecule has 168 valence electrons. The lowest BCUT2D eigenvalue weighted by atomic mass is 9.76. The first-order chi connectivity index (χ1) is 14.6. The summed E-state index contributed by atoms with van der Waals surface area (Å²) in [4.78, 5) is 8.06. The first kappa shape index (κ1) is 23.7. The van der Waals surface area contributed by atoms with Crippen LogP contribution >= 0.6 is 11.3 Å². The lowest BCUT2D eigenvalue weighted by Crippen LogP contribution is -2.51. The van der Waals surface area contributed by atoms with E-state index in [1.165, 1.54) is 11.3 Å². The van der Waals surface area contributed by atoms with Gasteiger partial charge in [-0.1, -0.05) is 6.07 Å². The summed E-state index contributed by atoms with van der Waals surface area (Å²) in [5.41, 5.74) is -0.720. The van der Waals surface area contributed by atoms with E-state index in [2.05, 4.69) is 16.0 Å². The lowest BCUT2D eigenvalue weighted by molar-refractivity contribution is -0.254. The summed E-state index contributed by atoms with van der Waals surface area (Å²) >= 11 is 1.34. The van der Waals surface area contributed by atoms with Crippen LogP contribution in [0.25, 0.3) is 0 Å². The molecule has 0 bridgehead atoms. The van der Waals surface area contributed by atoms with E-state index in [1.807, 2.05) is 38.1 Å². The molecule has 4 nitrogen and oxygen atoms in total. The monoisotopic (exact) mass is 451 g/mol. The molecule has 31 heavy (non-hydrogen) atoms. The normalized spacial score (nSPS) is 21.2. The van der Waals surface area contributed by atoms with Crippen LogP contribution in [0.5, 0.6) is 0 Å². The first-order valence-corrected chi connectivity index (χ1v) is 11.3. The van der Waals surface area contributed by atoms with Gasteiger partial charge in [-0.15, -0.1) is 11.3 Å². The van der Waals surface area contributed by atoms with E-state index in [-0.39, 0.29) is 13.2 Å². The predicted octanol–water partition coefficient (Wildman–Crippen LogP) is 5.54. The number of hydrogen-bond donors (Lipinski definition) is 0. The molecule has 0 aliphatic carbocycles. The first-order valence-electron chi connectivity index (χ1n) is 10.5. The maximum atomic E-state index is 14.1. The van der Waals surface area contributed by atoms with E-state index < -0.39 is 23.2 Å². The molecule has 0 amide bonds. The zero-order valence-electron chi connectivity index (χ0n) is 18.1. The number of rotatable bonds is 8. The fourth-order valence-corrected chi connectivity index (χ4v) is 5.34. The topological polar surface area (TPSA) is 49.1 Å². The number of nitriles is 1. The van der Waals surface area contributed by atoms with Crippen LogP contribution in [0.4, 0.5) is 13.2 Å². The van der Waals surface area contributed by atoms with Crippen molar-refractivity contribution in [2.45, 2.75) is 57.9 Å². The van der Waals surface area contributed by atoms with Gasteiger partial charge in [0.1, 0.15) is 10.9 Å². The molecule has 3 rings (SSSR count). The summed E-state index contributed by atoms with van der Waals surface area (Å²) in [6, 6.07) is 11.3. The minimum absolute atomic E-state index is 0.00709. The van der Waals surface area contributed by atoms with Crippen LogP contribution < -0.4 is 0 Å². The van der Waals surface area contributed by atoms with Crippen molar-refractivity contribution in [1.82, 2.24) is 9.88 Å². The number of hydrogen-bond acceptors (Lipinski definition) is 5. The van der Waals surface area contributed by atoms with Gasteiger partial charge in [0.05, 0.1) is 11.2 Å². The van der Waals surface area contributed by atoms with Gasteiger partial charge in [0.25, 0.3) is 0 Å². The van der Waals surface area contributed by atoms with E-state index in [1.54, 1.807) is 19.2 Å². The Hall–Kier alpha value is -1.95. The highest BCUT2D eigenvalue weighted by molar-refractivity contribution is 7.12. The van der Waals surface area contributed by atoms with Crippen molar-refractivity contribution in [3.05, 3.63) is 52.0 Å². The van der Waals surface area contributed by atoms with Crippen LogP contribution in [0.3, 0.4) is 0 Å². The molecule has 0 saturated carbocycles. The maximum absolute atomic E-state index is 14.1. The molecule has 0 spiro atoms. The van der Waals surface area contributed by atoms with Crippen molar-refractivity contribution in [2.24, 2.45) is 5.41 Å². The Morgan fingerprint density at radius 3 is 2.65 bits per heavy atom. The Morgan fingerprint density at radius 2 is 2.06 bits per heavy atom. The number of alkyl halides is 3. The molecule has 3 heterocycles. The fourth-order valence-electron chi connectivity index (χ4n) is 4.54. The molecule has 0 N–H and O–H groups in total. The Morgan fingerprint density at radius 1 is 1.29 bits per heavy atom. The summed E-state index contributed by atoms with van der Waals surface area (Å²) in [5.74, 6) is 0. The van der Waals surface area contributed by atoms with Crippen LogP contribution in [0, 0.1) is 16.7 Å². The van der Waals surface area contributed by atoms with Gasteiger partial charge in [-0.3, -0.25) is 9.88 Å². The van der Waals surface area contributed by atoms with Crippen molar-refractivity contribution < 1.29 is 17.9 Å². The van der Waals surface area contributed by atoms with Gasteiger partial charge < -0.3 is 4.74 Å². The third-order valence-electron chi connectivity index (χ3n) is 6.30. The second-order valence-electron chi connectivity index (χ2n) is 8.56. The SMILES string of the molecule is CCO[C@@H](C(F)(F)F)[C@]1(CCc2ccc(C#N)s2)CCN(C(C)(C)c2ccccn2)C1. The second kappa shape index (κ2) is 9.27. The number of halogens is 3. The van der Waals surface area contributed by atoms with Crippen LogP contribution in [0.1, 0.15) is 49.1 Å². The number of aromatic nitrogens is 1. The van der Waals surface area contributed by atoms with Gasteiger partial charge in [0.2, 0.25) is 0 Å². The van der Waals surface area contributed by atoms with Crippen LogP contribution in [0.2, 0.25) is 0 Å². The number of thiophene rings is 1. The number of nitrogens with zero attached hydrogens (tertiary/aromatic N) is 3. The van der Waals surface area contributed by atoms with Gasteiger partial charge in [0.15, 0.2) is 6.10 Å². The molecule has 1 fully saturated rings. The van der Waals surface area contributed by atoms with Crippen molar-refractivity contribution in [3.63, 3.8) is 0 Å². The quantitative estimate of drug-likeness (QED) is 0.529. The summed E-state index contributed by atoms with van der Waals surface area (Å²) in [6.07, 6.45) is -3.34. The minimum atomic E-state index is -4.45. The maximum Gasteiger partial charge on any atom is 0.415 e. The smallest absolute Gasteiger partial charge is 0.368 e. The molecule has 2 atom stereocenters. The third-order valence-corrected chi connectivity index (χ3v) is 7.35. The van der Waals surface area contributed by atoms with Gasteiger partial charge in [-0.05, 0) is 70.8 Å². The molecular formula is C23H28F3N3OS. The third kappa shape index (κ3) is 5.11. The van der Waals surface area contributed by atoms with E-state index in [0.29, 0.717) is 30.7 Å². The Bertz CT molecular complexity index is 907. The molecule has 0 aromatic carbocycles. The van der Waals surface area contributed by atoms with E-state index >= 15 is 0 Å². The van der Waals surface area contributed by atoms with Crippen molar-refractivity contribution >= 4 is 11.3 Å². The number of aryl methyl sites for hydroxylation is 1. The van der Waals surface area contributed by atoms with E-state index in [0.717, 1.165) is 10.6 Å². The molecule has 1 aliphatic rings. The fraction of sp³-hybridized carbons (Fsp3) is 0.565. The minimum Gasteiger partial charge on any atom is -0.368 e. The van der Waals surface area contributed by atoms with Crippen molar-refractivity contribution in [3.8, 4) is 6.07 Å². The van der Waals surface area contributed by atoms with Gasteiger partial charge in [-0.25, -0.2) is 0 Å². The van der Waals surface area contributed by atoms with Crippen molar-refractivity contribution in [2.75, 3.05) is 19.7 Å². The molecular weight excluding hydrogens is 423 g/mol. The zero-order chi connectivity index (χ0) is 22.7. The molecule has 2 aromatic heterocycles. The second-order valence-corrected chi connectivity index (χ2v) is 9.73. The van der Waals surface area contributed by atoms with Gasteiger partial charge in [-0.2, -0.15) is 18.4 Å². The summed E-state index contributed by atoms with van der Waals surface area (Å²) < 4.78 is 47.8. The lowest BCUT2D eigenvalue weighted by Gasteiger charge is -2.41. The Balaban J connectivity index is 1.90. The number of ether oxygens (including phenoxy) is 1. The number of likely N-dealkylation sites (tertiary alicyclic amines) is 1. The van der Waals surface area contributed by atoms with Crippen LogP contribution in [-0.2, 0) is 16.7 Å². The molecule has 0 unspecified atom stereocenters. The average molecular weight is 452 g/mol. The highest BCUT2D eigenvalue weighted by Crippen LogP contribution is 2.49. The summed E-state index contributed by atoms with van der Waals surface area (Å²) in [6.45, 7) is 6.44. The predicted molar refractivity (Wildman–Crippen MR) is 115 cm³/mol. The molecule has 1 saturated heterocycles. The molecule has 2 aromatic rings. The zero-order valence-corrected chi connectivity index (χ0v) is 18.9. The molecule has 1 aliphatic heterocycles.